The van der Waals surface area contributed by atoms with Crippen molar-refractivity contribution in [3.8, 4) is 5.69 Å². The van der Waals surface area contributed by atoms with Crippen molar-refractivity contribution in [1.29, 1.82) is 0 Å². The molecule has 2 aromatic carbocycles. The standard InChI is InChI=1S/C20H23FN6/c1-3-23-20(25-12-17-6-9-19(21)15(2)10-17)24-11-16-4-7-18(8-5-16)27-14-22-13-26-27/h4-10,13-14H,3,11-12H2,1-2H3,(H2,23,24,25). The second kappa shape index (κ2) is 8.93. The third-order valence-corrected chi connectivity index (χ3v) is 4.07. The number of guanidine groups is 1. The summed E-state index contributed by atoms with van der Waals surface area (Å²) in [7, 11) is 0. The van der Waals surface area contributed by atoms with E-state index < -0.39 is 0 Å². The average Bonchev–Trinajstić information content (AvgIpc) is 3.22. The van der Waals surface area contributed by atoms with Crippen LogP contribution in [0.2, 0.25) is 0 Å². The van der Waals surface area contributed by atoms with Crippen molar-refractivity contribution in [3.63, 3.8) is 0 Å². The predicted octanol–water partition coefficient (Wildman–Crippen LogP) is 2.97. The van der Waals surface area contributed by atoms with Crippen LogP contribution in [0.25, 0.3) is 5.69 Å². The normalized spacial score (nSPS) is 11.4. The van der Waals surface area contributed by atoms with Crippen LogP contribution in [-0.2, 0) is 13.1 Å². The molecule has 0 unspecified atom stereocenters. The molecule has 3 aromatic rings. The molecule has 0 aliphatic carbocycles. The average molecular weight is 366 g/mol. The lowest BCUT2D eigenvalue weighted by Crippen LogP contribution is -2.36. The number of hydrogen-bond acceptors (Lipinski definition) is 3. The molecule has 0 radical (unpaired) electrons. The van der Waals surface area contributed by atoms with E-state index in [-0.39, 0.29) is 5.82 Å². The van der Waals surface area contributed by atoms with Gasteiger partial charge in [-0.25, -0.2) is 19.0 Å². The fourth-order valence-corrected chi connectivity index (χ4v) is 2.61. The number of aliphatic imine (C=N–C) groups is 1. The Balaban J connectivity index is 1.61. The second-order valence-electron chi connectivity index (χ2n) is 6.14. The first-order valence-electron chi connectivity index (χ1n) is 8.87. The highest BCUT2D eigenvalue weighted by molar-refractivity contribution is 5.79. The van der Waals surface area contributed by atoms with E-state index in [1.54, 1.807) is 24.0 Å². The lowest BCUT2D eigenvalue weighted by atomic mass is 10.1. The van der Waals surface area contributed by atoms with E-state index in [0.717, 1.165) is 29.3 Å². The van der Waals surface area contributed by atoms with Gasteiger partial charge in [0.25, 0.3) is 0 Å². The van der Waals surface area contributed by atoms with Crippen molar-refractivity contribution >= 4 is 5.96 Å². The summed E-state index contributed by atoms with van der Waals surface area (Å²) in [5.41, 5.74) is 3.70. The molecule has 27 heavy (non-hydrogen) atoms. The number of nitrogens with zero attached hydrogens (tertiary/aromatic N) is 4. The third kappa shape index (κ3) is 5.13. The van der Waals surface area contributed by atoms with Crippen molar-refractivity contribution in [3.05, 3.63) is 77.6 Å². The maximum absolute atomic E-state index is 13.4. The quantitative estimate of drug-likeness (QED) is 0.520. The number of rotatable bonds is 6. The van der Waals surface area contributed by atoms with Gasteiger partial charge in [-0.3, -0.25) is 0 Å². The van der Waals surface area contributed by atoms with Gasteiger partial charge >= 0.3 is 0 Å². The minimum atomic E-state index is -0.192. The van der Waals surface area contributed by atoms with E-state index in [0.29, 0.717) is 18.7 Å². The summed E-state index contributed by atoms with van der Waals surface area (Å²) in [6.07, 6.45) is 3.18. The Morgan fingerprint density at radius 3 is 2.56 bits per heavy atom. The zero-order valence-corrected chi connectivity index (χ0v) is 15.5. The number of hydrogen-bond donors (Lipinski definition) is 2. The van der Waals surface area contributed by atoms with E-state index in [1.807, 2.05) is 37.3 Å². The van der Waals surface area contributed by atoms with E-state index in [9.17, 15) is 4.39 Å². The first-order chi connectivity index (χ1) is 13.2. The molecule has 140 valence electrons. The molecule has 0 saturated heterocycles. The molecule has 0 saturated carbocycles. The molecule has 0 bridgehead atoms. The van der Waals surface area contributed by atoms with E-state index in [1.165, 1.54) is 12.4 Å². The monoisotopic (exact) mass is 366 g/mol. The molecule has 0 atom stereocenters. The van der Waals surface area contributed by atoms with Gasteiger partial charge in [0.15, 0.2) is 5.96 Å². The highest BCUT2D eigenvalue weighted by atomic mass is 19.1. The number of benzene rings is 2. The zero-order valence-electron chi connectivity index (χ0n) is 15.5. The van der Waals surface area contributed by atoms with Gasteiger partial charge in [-0.2, -0.15) is 5.10 Å². The first kappa shape index (κ1) is 18.6. The van der Waals surface area contributed by atoms with E-state index >= 15 is 0 Å². The largest absolute Gasteiger partial charge is 0.357 e. The Labute approximate surface area is 158 Å². The predicted molar refractivity (Wildman–Crippen MR) is 104 cm³/mol. The lowest BCUT2D eigenvalue weighted by molar-refractivity contribution is 0.617. The Hall–Kier alpha value is -3.22. The molecule has 3 rings (SSSR count). The molecule has 7 heteroatoms. The van der Waals surface area contributed by atoms with Crippen LogP contribution < -0.4 is 10.6 Å². The van der Waals surface area contributed by atoms with Crippen LogP contribution in [0.4, 0.5) is 4.39 Å². The number of aryl methyl sites for hydroxylation is 1. The summed E-state index contributed by atoms with van der Waals surface area (Å²) in [6.45, 7) is 5.67. The van der Waals surface area contributed by atoms with E-state index in [4.69, 9.17) is 0 Å². The maximum Gasteiger partial charge on any atom is 0.191 e. The highest BCUT2D eigenvalue weighted by Crippen LogP contribution is 2.10. The molecular weight excluding hydrogens is 343 g/mol. The Morgan fingerprint density at radius 2 is 1.89 bits per heavy atom. The summed E-state index contributed by atoms with van der Waals surface area (Å²) in [4.78, 5) is 8.53. The molecular formula is C20H23FN6. The summed E-state index contributed by atoms with van der Waals surface area (Å²) < 4.78 is 15.1. The van der Waals surface area contributed by atoms with Crippen LogP contribution in [0.1, 0.15) is 23.6 Å². The summed E-state index contributed by atoms with van der Waals surface area (Å²) in [5.74, 6) is 0.530. The van der Waals surface area contributed by atoms with Gasteiger partial charge in [0.05, 0.1) is 12.2 Å². The van der Waals surface area contributed by atoms with Gasteiger partial charge in [-0.05, 0) is 48.7 Å². The Bertz CT molecular complexity index is 887. The zero-order chi connectivity index (χ0) is 19.1. The molecule has 0 aliphatic heterocycles. The molecule has 0 aliphatic rings. The van der Waals surface area contributed by atoms with Gasteiger partial charge in [0.1, 0.15) is 18.5 Å². The SMILES string of the molecule is CCNC(=NCc1ccc(F)c(C)c1)NCc1ccc(-n2cncn2)cc1. The fraction of sp³-hybridized carbons (Fsp3) is 0.250. The third-order valence-electron chi connectivity index (χ3n) is 4.07. The van der Waals surface area contributed by atoms with Crippen molar-refractivity contribution in [2.45, 2.75) is 26.9 Å². The molecule has 6 nitrogen and oxygen atoms in total. The van der Waals surface area contributed by atoms with Gasteiger partial charge in [-0.1, -0.05) is 24.3 Å². The minimum Gasteiger partial charge on any atom is -0.357 e. The fourth-order valence-electron chi connectivity index (χ4n) is 2.61. The van der Waals surface area contributed by atoms with E-state index in [2.05, 4.69) is 25.7 Å². The molecule has 0 spiro atoms. The smallest absolute Gasteiger partial charge is 0.191 e. The van der Waals surface area contributed by atoms with Crippen molar-refractivity contribution in [2.75, 3.05) is 6.54 Å². The Kier molecular flexibility index (Phi) is 6.14. The van der Waals surface area contributed by atoms with Crippen LogP contribution in [0.3, 0.4) is 0 Å². The first-order valence-corrected chi connectivity index (χ1v) is 8.87. The number of nitrogens with one attached hydrogen (secondary N) is 2. The van der Waals surface area contributed by atoms with Crippen LogP contribution >= 0.6 is 0 Å². The summed E-state index contributed by atoms with van der Waals surface area (Å²) in [5, 5.41) is 10.7. The van der Waals surface area contributed by atoms with Gasteiger partial charge in [0, 0.05) is 13.1 Å². The minimum absolute atomic E-state index is 0.192. The summed E-state index contributed by atoms with van der Waals surface area (Å²) >= 11 is 0. The molecule has 0 amide bonds. The topological polar surface area (TPSA) is 67.1 Å². The lowest BCUT2D eigenvalue weighted by Gasteiger charge is -2.12. The van der Waals surface area contributed by atoms with Gasteiger partial charge in [0.2, 0.25) is 0 Å². The second-order valence-corrected chi connectivity index (χ2v) is 6.14. The van der Waals surface area contributed by atoms with Crippen LogP contribution in [-0.4, -0.2) is 27.3 Å². The van der Waals surface area contributed by atoms with Crippen LogP contribution in [0.5, 0.6) is 0 Å². The number of halogens is 1. The maximum atomic E-state index is 13.4. The van der Waals surface area contributed by atoms with Crippen LogP contribution in [0.15, 0.2) is 60.1 Å². The highest BCUT2D eigenvalue weighted by Gasteiger charge is 2.02. The van der Waals surface area contributed by atoms with Crippen LogP contribution in [0, 0.1) is 12.7 Å². The molecule has 1 heterocycles. The molecule has 1 aromatic heterocycles. The van der Waals surface area contributed by atoms with Crippen molar-refractivity contribution in [1.82, 2.24) is 25.4 Å². The van der Waals surface area contributed by atoms with Gasteiger partial charge in [-0.15, -0.1) is 0 Å². The van der Waals surface area contributed by atoms with Crippen molar-refractivity contribution < 1.29 is 4.39 Å². The Morgan fingerprint density at radius 1 is 1.11 bits per heavy atom. The molecule has 2 N–H and O–H groups in total. The van der Waals surface area contributed by atoms with Crippen molar-refractivity contribution in [2.24, 2.45) is 4.99 Å². The number of aromatic nitrogens is 3. The van der Waals surface area contributed by atoms with Gasteiger partial charge < -0.3 is 10.6 Å². The molecule has 0 fully saturated rings. The summed E-state index contributed by atoms with van der Waals surface area (Å²) in [6, 6.07) is 13.1.